The van der Waals surface area contributed by atoms with Gasteiger partial charge in [-0.2, -0.15) is 4.31 Å². The molecule has 9 heteroatoms. The summed E-state index contributed by atoms with van der Waals surface area (Å²) in [7, 11) is -3.62. The van der Waals surface area contributed by atoms with E-state index in [-0.39, 0.29) is 15.5 Å². The number of aromatic nitrogens is 2. The lowest BCUT2D eigenvalue weighted by molar-refractivity contribution is 0.0952. The van der Waals surface area contributed by atoms with Crippen LogP contribution in [0.25, 0.3) is 11.0 Å². The van der Waals surface area contributed by atoms with Crippen LogP contribution in [-0.4, -0.2) is 47.8 Å². The van der Waals surface area contributed by atoms with Crippen molar-refractivity contribution in [3.8, 4) is 0 Å². The first-order valence-corrected chi connectivity index (χ1v) is 11.7. The van der Waals surface area contributed by atoms with Gasteiger partial charge in [0.05, 0.1) is 26.5 Å². The Labute approximate surface area is 180 Å². The summed E-state index contributed by atoms with van der Waals surface area (Å²) >= 11 is 6.20. The molecule has 0 saturated carbocycles. The quantitative estimate of drug-likeness (QED) is 0.630. The topological polar surface area (TPSA) is 84.3 Å². The molecular formula is C21H23ClN4O3S. The minimum absolute atomic E-state index is 0.0930. The van der Waals surface area contributed by atoms with Gasteiger partial charge in [-0.1, -0.05) is 23.7 Å². The van der Waals surface area contributed by atoms with Gasteiger partial charge in [0, 0.05) is 26.2 Å². The number of nitrogens with one attached hydrogen (secondary N) is 1. The molecule has 4 rings (SSSR count). The lowest BCUT2D eigenvalue weighted by Gasteiger charge is -2.16. The zero-order valence-corrected chi connectivity index (χ0v) is 18.2. The largest absolute Gasteiger partial charge is 0.350 e. The first kappa shape index (κ1) is 20.8. The average Bonchev–Trinajstić information content (AvgIpc) is 3.37. The Balaban J connectivity index is 1.49. The summed E-state index contributed by atoms with van der Waals surface area (Å²) in [5, 5.41) is 3.06. The molecule has 0 spiro atoms. The first-order valence-electron chi connectivity index (χ1n) is 9.88. The number of amides is 1. The highest BCUT2D eigenvalue weighted by molar-refractivity contribution is 7.89. The predicted molar refractivity (Wildman–Crippen MR) is 116 cm³/mol. The lowest BCUT2D eigenvalue weighted by atomic mass is 10.2. The molecule has 0 aliphatic carbocycles. The van der Waals surface area contributed by atoms with Crippen LogP contribution in [0.15, 0.2) is 47.4 Å². The van der Waals surface area contributed by atoms with Crippen LogP contribution < -0.4 is 5.32 Å². The second kappa shape index (κ2) is 8.37. The summed E-state index contributed by atoms with van der Waals surface area (Å²) in [6.45, 7) is 3.84. The first-order chi connectivity index (χ1) is 14.4. The van der Waals surface area contributed by atoms with Gasteiger partial charge in [0.1, 0.15) is 5.82 Å². The number of fused-ring (bicyclic) bond motifs is 1. The van der Waals surface area contributed by atoms with Crippen LogP contribution in [0.1, 0.15) is 29.0 Å². The number of nitrogens with zero attached hydrogens (tertiary/aromatic N) is 3. The fraction of sp³-hybridized carbons (Fsp3) is 0.333. The third-order valence-corrected chi connectivity index (χ3v) is 7.58. The Kier molecular flexibility index (Phi) is 5.81. The maximum Gasteiger partial charge on any atom is 0.252 e. The highest BCUT2D eigenvalue weighted by Crippen LogP contribution is 2.25. The maximum atomic E-state index is 12.8. The molecule has 1 saturated heterocycles. The van der Waals surface area contributed by atoms with Gasteiger partial charge in [0.15, 0.2) is 0 Å². The van der Waals surface area contributed by atoms with E-state index in [0.29, 0.717) is 26.2 Å². The van der Waals surface area contributed by atoms with Gasteiger partial charge in [-0.25, -0.2) is 13.4 Å². The maximum absolute atomic E-state index is 12.8. The van der Waals surface area contributed by atoms with E-state index in [4.69, 9.17) is 11.6 Å². The van der Waals surface area contributed by atoms with E-state index >= 15 is 0 Å². The van der Waals surface area contributed by atoms with Crippen molar-refractivity contribution in [3.63, 3.8) is 0 Å². The fourth-order valence-corrected chi connectivity index (χ4v) is 5.52. The molecule has 7 nitrogen and oxygen atoms in total. The number of rotatable bonds is 6. The Morgan fingerprint density at radius 1 is 1.17 bits per heavy atom. The van der Waals surface area contributed by atoms with E-state index in [2.05, 4.69) is 10.3 Å². The van der Waals surface area contributed by atoms with E-state index < -0.39 is 15.9 Å². The molecule has 30 heavy (non-hydrogen) atoms. The monoisotopic (exact) mass is 446 g/mol. The number of carbonyl (C=O) groups is 1. The van der Waals surface area contributed by atoms with E-state index in [0.717, 1.165) is 29.7 Å². The number of carbonyl (C=O) groups excluding carboxylic acids is 1. The van der Waals surface area contributed by atoms with Crippen LogP contribution in [0.3, 0.4) is 0 Å². The summed E-state index contributed by atoms with van der Waals surface area (Å²) < 4.78 is 29.1. The molecule has 0 unspecified atom stereocenters. The van der Waals surface area contributed by atoms with Gasteiger partial charge in [-0.3, -0.25) is 4.79 Å². The summed E-state index contributed by atoms with van der Waals surface area (Å²) in [6.07, 6.45) is 1.70. The third kappa shape index (κ3) is 3.95. The number of hydrogen-bond acceptors (Lipinski definition) is 4. The minimum atomic E-state index is -3.62. The highest BCUT2D eigenvalue weighted by Gasteiger charge is 2.28. The standard InChI is InChI=1S/C21H23ClN4O3S/c1-15-24-19-6-2-3-7-20(19)26(15)13-10-23-21(27)17-14-16(8-9-18(17)22)30(28,29)25-11-4-5-12-25/h2-3,6-9,14H,4-5,10-13H2,1H3,(H,23,27). The minimum Gasteiger partial charge on any atom is -0.350 e. The average molecular weight is 447 g/mol. The zero-order valence-electron chi connectivity index (χ0n) is 16.6. The molecule has 2 aromatic carbocycles. The number of imidazole rings is 1. The smallest absolute Gasteiger partial charge is 0.252 e. The van der Waals surface area contributed by atoms with E-state index in [9.17, 15) is 13.2 Å². The molecule has 0 bridgehead atoms. The molecule has 3 aromatic rings. The van der Waals surface area contributed by atoms with Gasteiger partial charge in [0.2, 0.25) is 10.0 Å². The third-order valence-electron chi connectivity index (χ3n) is 5.35. The molecule has 0 radical (unpaired) electrons. The van der Waals surface area contributed by atoms with Crippen LogP contribution in [0.2, 0.25) is 5.02 Å². The molecule has 0 atom stereocenters. The van der Waals surface area contributed by atoms with Gasteiger partial charge in [-0.15, -0.1) is 0 Å². The normalized spacial score (nSPS) is 15.0. The van der Waals surface area contributed by atoms with Crippen molar-refractivity contribution < 1.29 is 13.2 Å². The number of para-hydroxylation sites is 2. The molecule has 1 aliphatic heterocycles. The van der Waals surface area contributed by atoms with Crippen LogP contribution in [0.4, 0.5) is 0 Å². The summed E-state index contributed by atoms with van der Waals surface area (Å²) in [4.78, 5) is 17.3. The van der Waals surface area contributed by atoms with E-state index in [1.54, 1.807) is 0 Å². The van der Waals surface area contributed by atoms with Crippen molar-refractivity contribution >= 4 is 38.6 Å². The van der Waals surface area contributed by atoms with E-state index in [1.165, 1.54) is 22.5 Å². The number of aryl methyl sites for hydroxylation is 1. The van der Waals surface area contributed by atoms with E-state index in [1.807, 2.05) is 35.8 Å². The molecule has 2 heterocycles. The highest BCUT2D eigenvalue weighted by atomic mass is 35.5. The predicted octanol–water partition coefficient (Wildman–Crippen LogP) is 3.21. The van der Waals surface area contributed by atoms with Gasteiger partial charge in [0.25, 0.3) is 5.91 Å². The SMILES string of the molecule is Cc1nc2ccccc2n1CCNC(=O)c1cc(S(=O)(=O)N2CCCC2)ccc1Cl. The molecule has 1 aromatic heterocycles. The van der Waals surface area contributed by atoms with Crippen LogP contribution in [0, 0.1) is 6.92 Å². The van der Waals surface area contributed by atoms with Gasteiger partial charge >= 0.3 is 0 Å². The van der Waals surface area contributed by atoms with Crippen molar-refractivity contribution in [1.82, 2.24) is 19.2 Å². The second-order valence-electron chi connectivity index (χ2n) is 7.31. The van der Waals surface area contributed by atoms with Crippen LogP contribution in [-0.2, 0) is 16.6 Å². The van der Waals surface area contributed by atoms with Crippen molar-refractivity contribution in [2.24, 2.45) is 0 Å². The van der Waals surface area contributed by atoms with Crippen molar-refractivity contribution in [1.29, 1.82) is 0 Å². The molecule has 1 N–H and O–H groups in total. The Bertz CT molecular complexity index is 1200. The second-order valence-corrected chi connectivity index (χ2v) is 9.65. The van der Waals surface area contributed by atoms with Crippen molar-refractivity contribution in [3.05, 3.63) is 58.9 Å². The van der Waals surface area contributed by atoms with Gasteiger partial charge in [-0.05, 0) is 50.1 Å². The Hall–Kier alpha value is -2.42. The summed E-state index contributed by atoms with van der Waals surface area (Å²) in [5.74, 6) is 0.461. The van der Waals surface area contributed by atoms with Crippen molar-refractivity contribution in [2.75, 3.05) is 19.6 Å². The number of benzene rings is 2. The number of halogens is 1. The summed E-state index contributed by atoms with van der Waals surface area (Å²) in [6, 6.07) is 12.1. The molecule has 1 amide bonds. The Morgan fingerprint density at radius 3 is 2.67 bits per heavy atom. The number of hydrogen-bond donors (Lipinski definition) is 1. The molecule has 158 valence electrons. The zero-order chi connectivity index (χ0) is 21.3. The molecular weight excluding hydrogens is 424 g/mol. The fourth-order valence-electron chi connectivity index (χ4n) is 3.77. The Morgan fingerprint density at radius 2 is 1.90 bits per heavy atom. The summed E-state index contributed by atoms with van der Waals surface area (Å²) in [5.41, 5.74) is 2.06. The van der Waals surface area contributed by atoms with Crippen LogP contribution in [0.5, 0.6) is 0 Å². The van der Waals surface area contributed by atoms with Crippen LogP contribution >= 0.6 is 11.6 Å². The van der Waals surface area contributed by atoms with Crippen molar-refractivity contribution in [2.45, 2.75) is 31.2 Å². The molecule has 1 fully saturated rings. The lowest BCUT2D eigenvalue weighted by Crippen LogP contribution is -2.29. The number of sulfonamides is 1. The van der Waals surface area contributed by atoms with Gasteiger partial charge < -0.3 is 9.88 Å². The molecule has 1 aliphatic rings.